The van der Waals surface area contributed by atoms with Crippen molar-refractivity contribution in [2.45, 2.75) is 57.8 Å². The van der Waals surface area contributed by atoms with Crippen molar-refractivity contribution in [3.63, 3.8) is 0 Å². The highest BCUT2D eigenvalue weighted by Crippen LogP contribution is 2.49. The molecule has 2 aliphatic rings. The number of hydrogen-bond acceptors (Lipinski definition) is 3. The van der Waals surface area contributed by atoms with Gasteiger partial charge in [-0.2, -0.15) is 0 Å². The van der Waals surface area contributed by atoms with Gasteiger partial charge in [0, 0.05) is 26.4 Å². The van der Waals surface area contributed by atoms with Crippen LogP contribution >= 0.6 is 0 Å². The van der Waals surface area contributed by atoms with Gasteiger partial charge in [0.25, 0.3) is 0 Å². The third kappa shape index (κ3) is 3.20. The van der Waals surface area contributed by atoms with Crippen LogP contribution < -0.4 is 4.90 Å². The molecule has 0 fully saturated rings. The minimum atomic E-state index is -1.15. The lowest BCUT2D eigenvalue weighted by atomic mass is 9.79. The molecule has 1 aromatic heterocycles. The van der Waals surface area contributed by atoms with E-state index in [9.17, 15) is 4.79 Å². The number of anilines is 1. The molecule has 1 amide bonds. The maximum absolute atomic E-state index is 13.6. The smallest absolute Gasteiger partial charge is 0.241 e. The number of rotatable bonds is 5. The standard InChI is InChI=1S/C23H30N2O2Si/c1-16-11-18-13-23(14-19(18)12-17(16)2)20-7-6-8-24-21(20)25(22(23)26)15-27-9-10-28(3,4)5/h6-8,11-12H,9-10,13-15H2,1-5H3. The molecule has 1 aliphatic heterocycles. The van der Waals surface area contributed by atoms with Gasteiger partial charge in [-0.15, -0.1) is 0 Å². The van der Waals surface area contributed by atoms with Gasteiger partial charge in [-0.25, -0.2) is 4.98 Å². The maximum atomic E-state index is 13.6. The fraction of sp³-hybridized carbons (Fsp3) is 0.478. The van der Waals surface area contributed by atoms with Gasteiger partial charge in [0.15, 0.2) is 0 Å². The van der Waals surface area contributed by atoms with Crippen molar-refractivity contribution in [3.8, 4) is 0 Å². The van der Waals surface area contributed by atoms with Crippen LogP contribution in [-0.2, 0) is 27.8 Å². The second-order valence-electron chi connectivity index (χ2n) is 9.60. The highest BCUT2D eigenvalue weighted by Gasteiger charge is 2.54. The molecule has 0 saturated carbocycles. The van der Waals surface area contributed by atoms with Crippen molar-refractivity contribution in [2.75, 3.05) is 18.2 Å². The Labute approximate surface area is 168 Å². The number of pyridine rings is 1. The molecule has 1 aromatic carbocycles. The Kier molecular flexibility index (Phi) is 4.71. The Hall–Kier alpha value is -1.98. The van der Waals surface area contributed by atoms with Crippen molar-refractivity contribution in [1.82, 2.24) is 4.98 Å². The largest absolute Gasteiger partial charge is 0.361 e. The first-order chi connectivity index (χ1) is 13.2. The summed E-state index contributed by atoms with van der Waals surface area (Å²) in [6.07, 6.45) is 3.29. The van der Waals surface area contributed by atoms with Crippen LogP contribution in [0.25, 0.3) is 0 Å². The molecule has 148 valence electrons. The summed E-state index contributed by atoms with van der Waals surface area (Å²) < 4.78 is 5.94. The van der Waals surface area contributed by atoms with Crippen molar-refractivity contribution >= 4 is 19.8 Å². The van der Waals surface area contributed by atoms with Gasteiger partial charge in [-0.05, 0) is 61.1 Å². The first kappa shape index (κ1) is 19.3. The summed E-state index contributed by atoms with van der Waals surface area (Å²) in [5, 5.41) is 0. The minimum absolute atomic E-state index is 0.140. The Balaban J connectivity index is 1.61. The number of nitrogens with zero attached hydrogens (tertiary/aromatic N) is 2. The fourth-order valence-electron chi connectivity index (χ4n) is 4.43. The highest BCUT2D eigenvalue weighted by molar-refractivity contribution is 6.76. The summed E-state index contributed by atoms with van der Waals surface area (Å²) in [6.45, 7) is 12.3. The van der Waals surface area contributed by atoms with E-state index < -0.39 is 13.5 Å². The van der Waals surface area contributed by atoms with Crippen LogP contribution in [0, 0.1) is 13.8 Å². The van der Waals surface area contributed by atoms with Crippen LogP contribution in [0.3, 0.4) is 0 Å². The Bertz CT molecular complexity index is 902. The van der Waals surface area contributed by atoms with E-state index in [0.29, 0.717) is 13.3 Å². The van der Waals surface area contributed by atoms with Crippen molar-refractivity contribution in [1.29, 1.82) is 0 Å². The lowest BCUT2D eigenvalue weighted by Crippen LogP contribution is -2.42. The van der Waals surface area contributed by atoms with E-state index in [1.54, 1.807) is 11.1 Å². The van der Waals surface area contributed by atoms with Gasteiger partial charge < -0.3 is 4.74 Å². The van der Waals surface area contributed by atoms with Gasteiger partial charge in [0.1, 0.15) is 12.5 Å². The molecule has 5 heteroatoms. The summed E-state index contributed by atoms with van der Waals surface area (Å²) in [5.41, 5.74) is 5.72. The summed E-state index contributed by atoms with van der Waals surface area (Å²) in [7, 11) is -1.15. The maximum Gasteiger partial charge on any atom is 0.241 e. The van der Waals surface area contributed by atoms with Crippen LogP contribution in [0.5, 0.6) is 0 Å². The molecule has 4 nitrogen and oxygen atoms in total. The molecule has 0 radical (unpaired) electrons. The van der Waals surface area contributed by atoms with Crippen molar-refractivity contribution in [2.24, 2.45) is 0 Å². The average molecular weight is 395 g/mol. The zero-order chi connectivity index (χ0) is 20.1. The molecule has 1 aliphatic carbocycles. The number of aromatic nitrogens is 1. The van der Waals surface area contributed by atoms with Crippen LogP contribution in [-0.4, -0.2) is 32.3 Å². The molecule has 2 heterocycles. The van der Waals surface area contributed by atoms with E-state index in [1.165, 1.54) is 22.3 Å². The van der Waals surface area contributed by atoms with Crippen LogP contribution in [0.15, 0.2) is 30.5 Å². The zero-order valence-corrected chi connectivity index (χ0v) is 18.6. The number of carbonyl (C=O) groups excluding carboxylic acids is 1. The topological polar surface area (TPSA) is 42.4 Å². The number of carbonyl (C=O) groups is 1. The van der Waals surface area contributed by atoms with Gasteiger partial charge in [0.05, 0.1) is 5.41 Å². The quantitative estimate of drug-likeness (QED) is 0.558. The predicted molar refractivity (Wildman–Crippen MR) is 116 cm³/mol. The lowest BCUT2D eigenvalue weighted by Gasteiger charge is -2.23. The van der Waals surface area contributed by atoms with E-state index in [4.69, 9.17) is 4.74 Å². The van der Waals surface area contributed by atoms with Crippen LogP contribution in [0.1, 0.15) is 27.8 Å². The Morgan fingerprint density at radius 3 is 2.39 bits per heavy atom. The van der Waals surface area contributed by atoms with E-state index in [1.807, 2.05) is 6.07 Å². The highest BCUT2D eigenvalue weighted by atomic mass is 28.3. The summed E-state index contributed by atoms with van der Waals surface area (Å²) in [6, 6.07) is 9.64. The monoisotopic (exact) mass is 394 g/mol. The predicted octanol–water partition coefficient (Wildman–Crippen LogP) is 4.39. The molecule has 28 heavy (non-hydrogen) atoms. The second-order valence-corrected chi connectivity index (χ2v) is 15.2. The van der Waals surface area contributed by atoms with E-state index in [0.717, 1.165) is 30.3 Å². The summed E-state index contributed by atoms with van der Waals surface area (Å²) >= 11 is 0. The molecule has 0 unspecified atom stereocenters. The average Bonchev–Trinajstić information content (AvgIpc) is 3.09. The number of amides is 1. The first-order valence-electron chi connectivity index (χ1n) is 10.2. The van der Waals surface area contributed by atoms with Gasteiger partial charge >= 0.3 is 0 Å². The molecule has 1 spiro atoms. The molecule has 0 atom stereocenters. The molecule has 0 saturated heterocycles. The first-order valence-corrected chi connectivity index (χ1v) is 13.9. The van der Waals surface area contributed by atoms with Crippen molar-refractivity contribution < 1.29 is 9.53 Å². The van der Waals surface area contributed by atoms with Crippen molar-refractivity contribution in [3.05, 3.63) is 58.3 Å². The third-order valence-corrected chi connectivity index (χ3v) is 7.93. The minimum Gasteiger partial charge on any atom is -0.361 e. The fourth-order valence-corrected chi connectivity index (χ4v) is 5.19. The molecule has 0 N–H and O–H groups in total. The van der Waals surface area contributed by atoms with Gasteiger partial charge in [0.2, 0.25) is 5.91 Å². The van der Waals surface area contributed by atoms with Crippen LogP contribution in [0.4, 0.5) is 5.82 Å². The van der Waals surface area contributed by atoms with E-state index >= 15 is 0 Å². The second kappa shape index (κ2) is 6.81. The summed E-state index contributed by atoms with van der Waals surface area (Å²) in [5.74, 6) is 0.919. The Morgan fingerprint density at radius 2 is 1.79 bits per heavy atom. The van der Waals surface area contributed by atoms with Crippen LogP contribution in [0.2, 0.25) is 25.7 Å². The normalized spacial score (nSPS) is 17.3. The number of hydrogen-bond donors (Lipinski definition) is 0. The summed E-state index contributed by atoms with van der Waals surface area (Å²) in [4.78, 5) is 20.0. The van der Waals surface area contributed by atoms with E-state index in [-0.39, 0.29) is 5.91 Å². The van der Waals surface area contributed by atoms with Gasteiger partial charge in [-0.3, -0.25) is 9.69 Å². The number of benzene rings is 1. The lowest BCUT2D eigenvalue weighted by molar-refractivity contribution is -0.124. The number of fused-ring (bicyclic) bond motifs is 3. The molecular formula is C23H30N2O2Si. The van der Waals surface area contributed by atoms with E-state index in [2.05, 4.69) is 56.7 Å². The van der Waals surface area contributed by atoms with Gasteiger partial charge in [-0.1, -0.05) is 37.8 Å². The number of aryl methyl sites for hydroxylation is 2. The molecule has 4 rings (SSSR count). The molecular weight excluding hydrogens is 364 g/mol. The molecule has 0 bridgehead atoms. The third-order valence-electron chi connectivity index (χ3n) is 6.23. The molecule has 2 aromatic rings. The SMILES string of the molecule is Cc1cc2c(cc1C)CC1(C2)C(=O)N(COCC[Si](C)(C)C)c2ncccc21. The number of ether oxygens (including phenoxy) is 1. The Morgan fingerprint density at radius 1 is 1.14 bits per heavy atom. The zero-order valence-electron chi connectivity index (χ0n) is 17.6.